The number of hydrogen-bond donors (Lipinski definition) is 1. The van der Waals surface area contributed by atoms with Crippen LogP contribution in [0.2, 0.25) is 0 Å². The lowest BCUT2D eigenvalue weighted by Crippen LogP contribution is -2.19. The molecule has 0 saturated carbocycles. The van der Waals surface area contributed by atoms with Crippen molar-refractivity contribution in [3.63, 3.8) is 0 Å². The predicted molar refractivity (Wildman–Crippen MR) is 120 cm³/mol. The number of ether oxygens (including phenoxy) is 2. The molecule has 0 radical (unpaired) electrons. The molecule has 154 valence electrons. The number of benzene rings is 3. The highest BCUT2D eigenvalue weighted by molar-refractivity contribution is 6.03. The van der Waals surface area contributed by atoms with Crippen LogP contribution in [0.1, 0.15) is 28.8 Å². The summed E-state index contributed by atoms with van der Waals surface area (Å²) >= 11 is 0. The molecule has 0 aliphatic carbocycles. The topological polar surface area (TPSA) is 63.2 Å². The Labute approximate surface area is 176 Å². The van der Waals surface area contributed by atoms with E-state index in [1.165, 1.54) is 12.8 Å². The number of nitrogens with one attached hydrogen (secondary N) is 1. The molecule has 3 aromatic carbocycles. The molecular formula is C24H25N3O3. The monoisotopic (exact) mass is 403 g/mol. The Hall–Kier alpha value is -3.54. The maximum absolute atomic E-state index is 12.5. The molecule has 1 aliphatic rings. The fraction of sp³-hybridized carbons (Fsp3) is 0.250. The quantitative estimate of drug-likeness (QED) is 0.494. The summed E-state index contributed by atoms with van der Waals surface area (Å²) in [4.78, 5) is 14.8. The van der Waals surface area contributed by atoms with Gasteiger partial charge < -0.3 is 14.4 Å². The second kappa shape index (κ2) is 8.86. The van der Waals surface area contributed by atoms with Gasteiger partial charge in [-0.3, -0.25) is 4.79 Å². The maximum Gasteiger partial charge on any atom is 0.271 e. The van der Waals surface area contributed by atoms with Gasteiger partial charge in [-0.25, -0.2) is 5.43 Å². The Balaban J connectivity index is 1.52. The number of fused-ring (bicyclic) bond motifs is 1. The third-order valence-corrected chi connectivity index (χ3v) is 5.41. The lowest BCUT2D eigenvalue weighted by Gasteiger charge is -2.17. The van der Waals surface area contributed by atoms with E-state index in [0.29, 0.717) is 11.3 Å². The Morgan fingerprint density at radius 2 is 1.73 bits per heavy atom. The molecule has 3 aromatic rings. The molecule has 4 rings (SSSR count). The maximum atomic E-state index is 12.5. The molecule has 6 heteroatoms. The lowest BCUT2D eigenvalue weighted by molar-refractivity contribution is 0.0955. The van der Waals surface area contributed by atoms with Crippen molar-refractivity contribution in [1.29, 1.82) is 0 Å². The van der Waals surface area contributed by atoms with Crippen molar-refractivity contribution in [3.05, 3.63) is 65.7 Å². The minimum atomic E-state index is -0.254. The molecule has 1 N–H and O–H groups in total. The van der Waals surface area contributed by atoms with E-state index in [1.807, 2.05) is 54.6 Å². The Morgan fingerprint density at radius 1 is 1.00 bits per heavy atom. The van der Waals surface area contributed by atoms with Crippen LogP contribution in [0, 0.1) is 0 Å². The van der Waals surface area contributed by atoms with E-state index in [2.05, 4.69) is 15.4 Å². The summed E-state index contributed by atoms with van der Waals surface area (Å²) in [7, 11) is 3.24. The van der Waals surface area contributed by atoms with Gasteiger partial charge in [0.25, 0.3) is 5.91 Å². The van der Waals surface area contributed by atoms with Gasteiger partial charge in [0.15, 0.2) is 0 Å². The molecule has 6 nitrogen and oxygen atoms in total. The molecule has 30 heavy (non-hydrogen) atoms. The predicted octanol–water partition coefficient (Wildman–Crippen LogP) is 4.22. The van der Waals surface area contributed by atoms with Crippen LogP contribution in [0.25, 0.3) is 10.8 Å². The number of nitrogens with zero attached hydrogens (tertiary/aromatic N) is 2. The van der Waals surface area contributed by atoms with Crippen LogP contribution < -0.4 is 19.8 Å². The third kappa shape index (κ3) is 4.08. The van der Waals surface area contributed by atoms with Gasteiger partial charge in [0, 0.05) is 29.9 Å². The Bertz CT molecular complexity index is 1070. The van der Waals surface area contributed by atoms with Crippen LogP contribution in [0.5, 0.6) is 11.5 Å². The zero-order valence-corrected chi connectivity index (χ0v) is 17.2. The van der Waals surface area contributed by atoms with E-state index in [4.69, 9.17) is 9.47 Å². The summed E-state index contributed by atoms with van der Waals surface area (Å²) in [6.45, 7) is 2.15. The average Bonchev–Trinajstić information content (AvgIpc) is 3.33. The number of amides is 1. The highest BCUT2D eigenvalue weighted by Crippen LogP contribution is 2.29. The van der Waals surface area contributed by atoms with Crippen molar-refractivity contribution in [2.24, 2.45) is 5.10 Å². The summed E-state index contributed by atoms with van der Waals surface area (Å²) in [5.74, 6) is 1.16. The Kier molecular flexibility index (Phi) is 5.84. The van der Waals surface area contributed by atoms with Crippen LogP contribution in [0.3, 0.4) is 0 Å². The van der Waals surface area contributed by atoms with E-state index in [-0.39, 0.29) is 5.91 Å². The van der Waals surface area contributed by atoms with Gasteiger partial charge in [-0.15, -0.1) is 0 Å². The zero-order valence-electron chi connectivity index (χ0n) is 17.2. The molecular weight excluding hydrogens is 378 g/mol. The van der Waals surface area contributed by atoms with E-state index in [9.17, 15) is 4.79 Å². The molecule has 1 saturated heterocycles. The first-order chi connectivity index (χ1) is 14.7. The van der Waals surface area contributed by atoms with Crippen LogP contribution in [-0.2, 0) is 0 Å². The number of anilines is 1. The van der Waals surface area contributed by atoms with Gasteiger partial charge in [0.05, 0.1) is 20.4 Å². The minimum absolute atomic E-state index is 0.254. The first-order valence-electron chi connectivity index (χ1n) is 10.0. The van der Waals surface area contributed by atoms with Gasteiger partial charge in [-0.1, -0.05) is 12.1 Å². The van der Waals surface area contributed by atoms with Gasteiger partial charge in [-0.05, 0) is 66.1 Å². The van der Waals surface area contributed by atoms with Crippen molar-refractivity contribution in [2.75, 3.05) is 32.2 Å². The summed E-state index contributed by atoms with van der Waals surface area (Å²) in [6.07, 6.45) is 4.05. The standard InChI is InChI=1S/C24H25N3O3/c1-29-20-11-7-17-8-12-23(30-2)22(21(17)15-20)16-25-26-24(28)18-5-9-19(10-6-18)27-13-3-4-14-27/h5-12,15-16H,3-4,13-14H2,1-2H3,(H,26,28)/b25-16-. The first-order valence-corrected chi connectivity index (χ1v) is 10.0. The average molecular weight is 403 g/mol. The molecule has 1 fully saturated rings. The lowest BCUT2D eigenvalue weighted by atomic mass is 10.0. The molecule has 1 heterocycles. The van der Waals surface area contributed by atoms with E-state index >= 15 is 0 Å². The van der Waals surface area contributed by atoms with E-state index in [1.54, 1.807) is 20.4 Å². The van der Waals surface area contributed by atoms with Crippen molar-refractivity contribution in [3.8, 4) is 11.5 Å². The summed E-state index contributed by atoms with van der Waals surface area (Å²) in [6, 6.07) is 17.3. The van der Waals surface area contributed by atoms with Gasteiger partial charge in [0.2, 0.25) is 0 Å². The zero-order chi connectivity index (χ0) is 20.9. The molecule has 0 atom stereocenters. The first kappa shape index (κ1) is 19.8. The largest absolute Gasteiger partial charge is 0.497 e. The molecule has 0 bridgehead atoms. The number of carbonyl (C=O) groups is 1. The Morgan fingerprint density at radius 3 is 2.43 bits per heavy atom. The fourth-order valence-corrected chi connectivity index (χ4v) is 3.76. The smallest absolute Gasteiger partial charge is 0.271 e. The van der Waals surface area contributed by atoms with Gasteiger partial charge in [-0.2, -0.15) is 5.10 Å². The minimum Gasteiger partial charge on any atom is -0.497 e. The molecule has 1 aliphatic heterocycles. The van der Waals surface area contributed by atoms with E-state index < -0.39 is 0 Å². The molecule has 1 amide bonds. The number of hydrazone groups is 1. The summed E-state index contributed by atoms with van der Waals surface area (Å²) in [5.41, 5.74) is 5.11. The van der Waals surface area contributed by atoms with Crippen LogP contribution in [0.15, 0.2) is 59.7 Å². The highest BCUT2D eigenvalue weighted by Gasteiger charge is 2.13. The van der Waals surface area contributed by atoms with Crippen LogP contribution in [-0.4, -0.2) is 39.4 Å². The van der Waals surface area contributed by atoms with Crippen LogP contribution >= 0.6 is 0 Å². The van der Waals surface area contributed by atoms with Crippen molar-refractivity contribution in [1.82, 2.24) is 5.43 Å². The molecule has 0 spiro atoms. The van der Waals surface area contributed by atoms with Gasteiger partial charge >= 0.3 is 0 Å². The molecule has 0 unspecified atom stereocenters. The van der Waals surface area contributed by atoms with E-state index in [0.717, 1.165) is 40.9 Å². The normalized spacial score (nSPS) is 13.7. The third-order valence-electron chi connectivity index (χ3n) is 5.41. The number of hydrogen-bond acceptors (Lipinski definition) is 5. The molecule has 0 aromatic heterocycles. The number of methoxy groups -OCH3 is 2. The van der Waals surface area contributed by atoms with Crippen molar-refractivity contribution >= 4 is 28.6 Å². The second-order valence-corrected chi connectivity index (χ2v) is 7.21. The van der Waals surface area contributed by atoms with Crippen molar-refractivity contribution in [2.45, 2.75) is 12.8 Å². The summed E-state index contributed by atoms with van der Waals surface area (Å²) in [5, 5.41) is 6.14. The van der Waals surface area contributed by atoms with Crippen molar-refractivity contribution < 1.29 is 14.3 Å². The second-order valence-electron chi connectivity index (χ2n) is 7.21. The fourth-order valence-electron chi connectivity index (χ4n) is 3.76. The van der Waals surface area contributed by atoms with Crippen LogP contribution in [0.4, 0.5) is 5.69 Å². The van der Waals surface area contributed by atoms with Gasteiger partial charge in [0.1, 0.15) is 11.5 Å². The number of rotatable bonds is 6. The summed E-state index contributed by atoms with van der Waals surface area (Å²) < 4.78 is 10.8. The number of carbonyl (C=O) groups excluding carboxylic acids is 1. The SMILES string of the molecule is COc1ccc2ccc(OC)c(/C=N\NC(=O)c3ccc(N4CCCC4)cc3)c2c1. The highest BCUT2D eigenvalue weighted by atomic mass is 16.5.